The molecule has 1 N–H and O–H groups in total. The number of aliphatic hydroxyl groups is 1. The largest absolute Gasteiger partial charge is 0.463 e. The maximum Gasteiger partial charge on any atom is 0.302 e. The molecule has 0 aliphatic heterocycles. The van der Waals surface area contributed by atoms with Gasteiger partial charge in [0.15, 0.2) is 5.78 Å². The summed E-state index contributed by atoms with van der Waals surface area (Å²) in [5, 5.41) is 11.5. The topological polar surface area (TPSA) is 63.6 Å². The summed E-state index contributed by atoms with van der Waals surface area (Å²) in [6.45, 7) is 9.87. The molecule has 0 aromatic heterocycles. The Morgan fingerprint density at radius 1 is 0.964 bits per heavy atom. The number of fused-ring (bicyclic) bond motifs is 5. The van der Waals surface area contributed by atoms with Crippen molar-refractivity contribution in [3.63, 3.8) is 0 Å². The number of Topliss-reactive ketones (excluding diaryl/α,β-unsaturated/α-hetero) is 1. The van der Waals surface area contributed by atoms with Crippen LogP contribution in [-0.4, -0.2) is 28.6 Å². The van der Waals surface area contributed by atoms with E-state index < -0.39 is 5.60 Å². The minimum absolute atomic E-state index is 0.0368. The number of esters is 1. The van der Waals surface area contributed by atoms with Crippen molar-refractivity contribution >= 4 is 11.8 Å². The van der Waals surface area contributed by atoms with E-state index in [9.17, 15) is 14.7 Å². The van der Waals surface area contributed by atoms with Crippen molar-refractivity contribution in [2.45, 2.75) is 97.7 Å². The molecule has 0 bridgehead atoms. The molecule has 9 atom stereocenters. The molecule has 4 nitrogen and oxygen atoms in total. The van der Waals surface area contributed by atoms with Gasteiger partial charge in [0.1, 0.15) is 11.7 Å². The minimum Gasteiger partial charge on any atom is -0.463 e. The highest BCUT2D eigenvalue weighted by atomic mass is 16.5. The van der Waals surface area contributed by atoms with Crippen molar-refractivity contribution in [3.8, 4) is 0 Å². The lowest BCUT2D eigenvalue weighted by atomic mass is 9.44. The Balaban J connectivity index is 1.59. The van der Waals surface area contributed by atoms with Gasteiger partial charge in [-0.3, -0.25) is 9.59 Å². The lowest BCUT2D eigenvalue weighted by Crippen LogP contribution is -2.59. The van der Waals surface area contributed by atoms with Gasteiger partial charge in [0.25, 0.3) is 0 Å². The zero-order valence-electron chi connectivity index (χ0n) is 18.3. The first-order valence-corrected chi connectivity index (χ1v) is 11.4. The van der Waals surface area contributed by atoms with Gasteiger partial charge >= 0.3 is 5.97 Å². The average Bonchev–Trinajstić information content (AvgIpc) is 2.83. The van der Waals surface area contributed by atoms with Gasteiger partial charge in [-0.1, -0.05) is 20.8 Å². The number of rotatable bonds is 2. The number of hydrogen-bond donors (Lipinski definition) is 1. The highest BCUT2D eigenvalue weighted by Crippen LogP contribution is 2.69. The van der Waals surface area contributed by atoms with E-state index in [1.165, 1.54) is 19.8 Å². The molecule has 0 unspecified atom stereocenters. The van der Waals surface area contributed by atoms with Gasteiger partial charge < -0.3 is 9.84 Å². The van der Waals surface area contributed by atoms with Gasteiger partial charge in [-0.05, 0) is 93.3 Å². The summed E-state index contributed by atoms with van der Waals surface area (Å²) < 4.78 is 5.56. The first-order valence-electron chi connectivity index (χ1n) is 11.4. The second-order valence-electron chi connectivity index (χ2n) is 11.1. The van der Waals surface area contributed by atoms with Crippen molar-refractivity contribution in [2.75, 3.05) is 0 Å². The summed E-state index contributed by atoms with van der Waals surface area (Å²) in [4.78, 5) is 23.9. The van der Waals surface area contributed by atoms with Gasteiger partial charge in [-0.2, -0.15) is 0 Å². The van der Waals surface area contributed by atoms with E-state index in [0.717, 1.165) is 38.5 Å². The summed E-state index contributed by atoms with van der Waals surface area (Å²) in [6.07, 6.45) is 8.64. The Morgan fingerprint density at radius 3 is 2.32 bits per heavy atom. The van der Waals surface area contributed by atoms with Crippen LogP contribution >= 0.6 is 0 Å². The van der Waals surface area contributed by atoms with Crippen LogP contribution in [0.4, 0.5) is 0 Å². The molecule has 0 heterocycles. The monoisotopic (exact) mass is 390 g/mol. The molecule has 28 heavy (non-hydrogen) atoms. The Hall–Kier alpha value is -0.900. The highest BCUT2D eigenvalue weighted by molar-refractivity contribution is 5.86. The molecule has 4 aliphatic rings. The molecule has 0 saturated heterocycles. The maximum absolute atomic E-state index is 12.5. The van der Waals surface area contributed by atoms with Crippen LogP contribution in [0, 0.1) is 40.4 Å². The zero-order chi connectivity index (χ0) is 20.5. The van der Waals surface area contributed by atoms with Crippen molar-refractivity contribution in [2.24, 2.45) is 40.4 Å². The summed E-state index contributed by atoms with van der Waals surface area (Å²) >= 11 is 0. The van der Waals surface area contributed by atoms with Gasteiger partial charge in [0.05, 0.1) is 0 Å². The molecule has 4 rings (SSSR count). The molecule has 0 radical (unpaired) electrons. The summed E-state index contributed by atoms with van der Waals surface area (Å²) in [5.41, 5.74) is -1.13. The Labute approximate surface area is 169 Å². The SMILES string of the molecule is CC(=O)O[C@H]1CC[C@@]2(C)[C@@H](CC[C@@H]3[C@@H]2CC[C@@]2(C)[C@H]3C[C@H](C)[C@]2(O)C(C)=O)C1. The van der Waals surface area contributed by atoms with Gasteiger partial charge in [-0.15, -0.1) is 0 Å². The third-order valence-electron chi connectivity index (χ3n) is 10.1. The lowest BCUT2D eigenvalue weighted by molar-refractivity contribution is -0.178. The number of carbonyl (C=O) groups excluding carboxylic acids is 2. The van der Waals surface area contributed by atoms with Gasteiger partial charge in [0.2, 0.25) is 0 Å². The molecule has 4 saturated carbocycles. The van der Waals surface area contributed by atoms with Crippen LogP contribution in [0.5, 0.6) is 0 Å². The fourth-order valence-electron chi connectivity index (χ4n) is 8.65. The molecular weight excluding hydrogens is 352 g/mol. The quantitative estimate of drug-likeness (QED) is 0.704. The predicted octanol–water partition coefficient (Wildman–Crippen LogP) is 4.53. The van der Waals surface area contributed by atoms with E-state index in [4.69, 9.17) is 4.74 Å². The summed E-state index contributed by atoms with van der Waals surface area (Å²) in [5.74, 6) is 2.21. The number of carbonyl (C=O) groups is 2. The normalized spacial score (nSPS) is 52.9. The molecule has 4 heteroatoms. The number of hydrogen-bond acceptors (Lipinski definition) is 4. The maximum atomic E-state index is 12.5. The van der Waals surface area contributed by atoms with Crippen LogP contribution in [0.1, 0.15) is 86.0 Å². The van der Waals surface area contributed by atoms with E-state index in [-0.39, 0.29) is 29.2 Å². The standard InChI is InChI=1S/C24H38O4/c1-14-12-21-19-7-6-17-13-18(28-16(3)26)8-10-22(17,4)20(19)9-11-23(21,5)24(14,27)15(2)25/h14,17-21,27H,6-13H2,1-5H3/t14-,17-,18-,19+,20-,21-,22-,23-,24-/m0/s1. The van der Waals surface area contributed by atoms with Crippen molar-refractivity contribution in [1.29, 1.82) is 0 Å². The second-order valence-corrected chi connectivity index (χ2v) is 11.1. The van der Waals surface area contributed by atoms with Crippen molar-refractivity contribution < 1.29 is 19.4 Å². The van der Waals surface area contributed by atoms with E-state index in [0.29, 0.717) is 29.1 Å². The van der Waals surface area contributed by atoms with Crippen LogP contribution in [0.3, 0.4) is 0 Å². The van der Waals surface area contributed by atoms with Crippen molar-refractivity contribution in [1.82, 2.24) is 0 Å². The lowest BCUT2D eigenvalue weighted by Gasteiger charge is -2.61. The highest BCUT2D eigenvalue weighted by Gasteiger charge is 2.68. The van der Waals surface area contributed by atoms with Crippen LogP contribution in [-0.2, 0) is 14.3 Å². The summed E-state index contributed by atoms with van der Waals surface area (Å²) in [6, 6.07) is 0. The number of ketones is 1. The first kappa shape index (κ1) is 20.4. The van der Waals surface area contributed by atoms with Gasteiger partial charge in [0, 0.05) is 12.3 Å². The average molecular weight is 391 g/mol. The molecule has 0 aromatic rings. The number of ether oxygens (including phenoxy) is 1. The molecule has 0 aromatic carbocycles. The Kier molecular flexibility index (Phi) is 4.77. The zero-order valence-corrected chi connectivity index (χ0v) is 18.3. The molecule has 0 spiro atoms. The smallest absolute Gasteiger partial charge is 0.302 e. The van der Waals surface area contributed by atoms with Crippen molar-refractivity contribution in [3.05, 3.63) is 0 Å². The van der Waals surface area contributed by atoms with E-state index in [1.807, 2.05) is 0 Å². The third kappa shape index (κ3) is 2.58. The molecule has 0 amide bonds. The second kappa shape index (κ2) is 6.55. The van der Waals surface area contributed by atoms with E-state index >= 15 is 0 Å². The molecule has 4 fully saturated rings. The van der Waals surface area contributed by atoms with Gasteiger partial charge in [-0.25, -0.2) is 0 Å². The fourth-order valence-corrected chi connectivity index (χ4v) is 8.65. The Bertz CT molecular complexity index is 674. The van der Waals surface area contributed by atoms with Crippen LogP contribution < -0.4 is 0 Å². The molecule has 4 aliphatic carbocycles. The van der Waals surface area contributed by atoms with Crippen LogP contribution in [0.25, 0.3) is 0 Å². The minimum atomic E-state index is -1.16. The van der Waals surface area contributed by atoms with Crippen LogP contribution in [0.15, 0.2) is 0 Å². The molecule has 158 valence electrons. The van der Waals surface area contributed by atoms with Crippen LogP contribution in [0.2, 0.25) is 0 Å². The van der Waals surface area contributed by atoms with E-state index in [2.05, 4.69) is 20.8 Å². The molecular formula is C24H38O4. The fraction of sp³-hybridized carbons (Fsp3) is 0.917. The predicted molar refractivity (Wildman–Crippen MR) is 107 cm³/mol. The third-order valence-corrected chi connectivity index (χ3v) is 10.1. The first-order chi connectivity index (χ1) is 13.0. The van der Waals surface area contributed by atoms with E-state index in [1.54, 1.807) is 6.92 Å². The Morgan fingerprint density at radius 2 is 1.68 bits per heavy atom. The summed E-state index contributed by atoms with van der Waals surface area (Å²) in [7, 11) is 0.